The number of nitrogens with zero attached hydrogens (tertiary/aromatic N) is 5. The Morgan fingerprint density at radius 1 is 1.17 bits per heavy atom. The number of pyridine rings is 1. The van der Waals surface area contributed by atoms with Crippen LogP contribution in [-0.2, 0) is 14.8 Å². The van der Waals surface area contributed by atoms with Gasteiger partial charge in [0.15, 0.2) is 0 Å². The van der Waals surface area contributed by atoms with E-state index in [-0.39, 0.29) is 18.3 Å². The number of ether oxygens (including phenoxy) is 2. The van der Waals surface area contributed by atoms with Crippen LogP contribution in [0, 0.1) is 0 Å². The predicted molar refractivity (Wildman–Crippen MR) is 134 cm³/mol. The van der Waals surface area contributed by atoms with Gasteiger partial charge in [-0.1, -0.05) is 0 Å². The van der Waals surface area contributed by atoms with E-state index in [9.17, 15) is 13.2 Å². The molecule has 0 saturated carbocycles. The number of hydrogen-bond acceptors (Lipinski definition) is 10. The van der Waals surface area contributed by atoms with Crippen molar-refractivity contribution in [1.82, 2.24) is 19.5 Å². The molecule has 0 aliphatic carbocycles. The Morgan fingerprint density at radius 3 is 2.78 bits per heavy atom. The van der Waals surface area contributed by atoms with Crippen LogP contribution in [0.3, 0.4) is 0 Å². The third kappa shape index (κ3) is 5.17. The van der Waals surface area contributed by atoms with Gasteiger partial charge in [-0.05, 0) is 30.7 Å². The molecule has 3 N–H and O–H groups in total. The molecule has 4 heterocycles. The first-order valence-electron chi connectivity index (χ1n) is 11.7. The highest BCUT2D eigenvalue weighted by Crippen LogP contribution is 2.32. The molecule has 36 heavy (non-hydrogen) atoms. The van der Waals surface area contributed by atoms with E-state index < -0.39 is 10.0 Å². The second kappa shape index (κ2) is 10.2. The number of nitrogens with two attached hydrogens (primary N) is 1. The summed E-state index contributed by atoms with van der Waals surface area (Å²) >= 11 is 0. The number of carbonyl (C=O) groups excluding carboxylic acids is 1. The molecule has 3 aliphatic heterocycles. The highest BCUT2D eigenvalue weighted by molar-refractivity contribution is 7.89. The van der Waals surface area contributed by atoms with E-state index in [1.54, 1.807) is 18.2 Å². The zero-order chi connectivity index (χ0) is 25.1. The number of rotatable bonds is 7. The summed E-state index contributed by atoms with van der Waals surface area (Å²) < 4.78 is 37.5. The number of hydrogen-bond donors (Lipinski definition) is 2. The summed E-state index contributed by atoms with van der Waals surface area (Å²) in [5.41, 5.74) is 7.41. The van der Waals surface area contributed by atoms with Gasteiger partial charge in [0.1, 0.15) is 17.4 Å². The van der Waals surface area contributed by atoms with Crippen molar-refractivity contribution in [2.24, 2.45) is 9.98 Å². The average Bonchev–Trinajstić information content (AvgIpc) is 3.38. The molecular weight excluding hydrogens is 486 g/mol. The molecule has 2 aromatic rings. The van der Waals surface area contributed by atoms with Crippen molar-refractivity contribution in [3.05, 3.63) is 47.7 Å². The molecule has 1 aromatic carbocycles. The lowest BCUT2D eigenvalue weighted by Gasteiger charge is -2.27. The quantitative estimate of drug-likeness (QED) is 0.511. The molecule has 1 amide bonds. The summed E-state index contributed by atoms with van der Waals surface area (Å²) in [6, 6.07) is 8.61. The lowest BCUT2D eigenvalue weighted by atomic mass is 10.1. The van der Waals surface area contributed by atoms with Gasteiger partial charge in [0.25, 0.3) is 5.91 Å². The first-order valence-corrected chi connectivity index (χ1v) is 13.3. The van der Waals surface area contributed by atoms with Gasteiger partial charge in [-0.15, -0.1) is 0 Å². The summed E-state index contributed by atoms with van der Waals surface area (Å²) in [6.45, 7) is 3.06. The summed E-state index contributed by atoms with van der Waals surface area (Å²) in [6.07, 6.45) is 1.77. The number of guanidine groups is 1. The van der Waals surface area contributed by atoms with Gasteiger partial charge in [-0.2, -0.15) is 4.31 Å². The maximum absolute atomic E-state index is 12.7. The molecule has 0 spiro atoms. The van der Waals surface area contributed by atoms with Crippen LogP contribution >= 0.6 is 0 Å². The monoisotopic (exact) mass is 513 g/mol. The van der Waals surface area contributed by atoms with Crippen LogP contribution in [0.5, 0.6) is 5.75 Å². The minimum absolute atomic E-state index is 0.0119. The lowest BCUT2D eigenvalue weighted by Crippen LogP contribution is -2.47. The van der Waals surface area contributed by atoms with Gasteiger partial charge < -0.3 is 15.2 Å². The average molecular weight is 514 g/mol. The number of aliphatic imine (C=N–C) groups is 2. The Balaban J connectivity index is 1.25. The minimum Gasteiger partial charge on any atom is -0.493 e. The van der Waals surface area contributed by atoms with E-state index in [0.717, 1.165) is 11.4 Å². The molecular formula is C23H27N7O5S. The second-order valence-corrected chi connectivity index (χ2v) is 10.5. The molecule has 0 radical (unpaired) electrons. The van der Waals surface area contributed by atoms with Crippen molar-refractivity contribution in [3.63, 3.8) is 0 Å². The van der Waals surface area contributed by atoms with Crippen LogP contribution in [0.4, 0.5) is 11.5 Å². The van der Waals surface area contributed by atoms with Crippen LogP contribution < -0.4 is 15.8 Å². The fraction of sp³-hybridized carbons (Fsp3) is 0.391. The number of nitrogens with one attached hydrogen (secondary N) is 1. The topological polar surface area (TPSA) is 152 Å². The number of amides is 1. The zero-order valence-electron chi connectivity index (χ0n) is 19.6. The fourth-order valence-electron chi connectivity index (χ4n) is 4.14. The molecule has 1 aromatic heterocycles. The molecule has 12 nitrogen and oxygen atoms in total. The Kier molecular flexibility index (Phi) is 6.85. The first-order chi connectivity index (χ1) is 17.4. The molecule has 5 rings (SSSR count). The molecule has 13 heteroatoms. The lowest BCUT2D eigenvalue weighted by molar-refractivity contribution is 0.0730. The highest BCUT2D eigenvalue weighted by atomic mass is 32.2. The van der Waals surface area contributed by atoms with Gasteiger partial charge in [0.2, 0.25) is 16.0 Å². The number of aromatic nitrogens is 1. The molecule has 1 saturated heterocycles. The number of sulfonamides is 1. The van der Waals surface area contributed by atoms with E-state index in [1.165, 1.54) is 10.5 Å². The summed E-state index contributed by atoms with van der Waals surface area (Å²) in [5, 5.41) is 2.84. The smallest absolute Gasteiger partial charge is 0.259 e. The van der Waals surface area contributed by atoms with Crippen LogP contribution in [-0.4, -0.2) is 92.1 Å². The maximum Gasteiger partial charge on any atom is 0.259 e. The van der Waals surface area contributed by atoms with E-state index in [0.29, 0.717) is 74.6 Å². The van der Waals surface area contributed by atoms with Crippen LogP contribution in [0.2, 0.25) is 0 Å². The molecule has 190 valence electrons. The van der Waals surface area contributed by atoms with Crippen LogP contribution in [0.25, 0.3) is 0 Å². The van der Waals surface area contributed by atoms with Gasteiger partial charge in [0.05, 0.1) is 43.4 Å². The van der Waals surface area contributed by atoms with Crippen molar-refractivity contribution >= 4 is 39.2 Å². The van der Waals surface area contributed by atoms with E-state index in [4.69, 9.17) is 15.2 Å². The van der Waals surface area contributed by atoms with Crippen molar-refractivity contribution in [1.29, 1.82) is 0 Å². The zero-order valence-corrected chi connectivity index (χ0v) is 20.4. The molecule has 0 bridgehead atoms. The molecule has 0 unspecified atom stereocenters. The largest absolute Gasteiger partial charge is 0.493 e. The third-order valence-corrected chi connectivity index (χ3v) is 7.94. The van der Waals surface area contributed by atoms with E-state index in [2.05, 4.69) is 20.3 Å². The first kappa shape index (κ1) is 24.2. The second-order valence-electron chi connectivity index (χ2n) is 8.43. The normalized spacial score (nSPS) is 17.6. The summed E-state index contributed by atoms with van der Waals surface area (Å²) in [5.74, 6) is 1.64. The Morgan fingerprint density at radius 2 is 2.00 bits per heavy atom. The number of benzene rings is 1. The molecule has 3 aliphatic rings. The Hall–Kier alpha value is -3.55. The van der Waals surface area contributed by atoms with Crippen LogP contribution in [0.15, 0.2) is 46.5 Å². The predicted octanol–water partition coefficient (Wildman–Crippen LogP) is 0.588. The van der Waals surface area contributed by atoms with Crippen molar-refractivity contribution in [3.8, 4) is 5.75 Å². The Bertz CT molecular complexity index is 1300. The van der Waals surface area contributed by atoms with Crippen molar-refractivity contribution in [2.75, 3.05) is 57.5 Å². The maximum atomic E-state index is 12.7. The van der Waals surface area contributed by atoms with Gasteiger partial charge in [-0.25, -0.2) is 18.4 Å². The van der Waals surface area contributed by atoms with Crippen molar-refractivity contribution < 1.29 is 22.7 Å². The van der Waals surface area contributed by atoms with Gasteiger partial charge in [-0.3, -0.25) is 20.0 Å². The SMILES string of the molecule is Nc1ccc(C(=O)NC2=Nc3cc(OCCCS(=O)(=O)N4CCOCC4)ccc3C3=NCCN23)cn1. The number of anilines is 1. The van der Waals surface area contributed by atoms with Crippen molar-refractivity contribution in [2.45, 2.75) is 6.42 Å². The summed E-state index contributed by atoms with van der Waals surface area (Å²) in [4.78, 5) is 27.8. The number of nitrogen functional groups attached to an aromatic ring is 1. The number of fused-ring (bicyclic) bond motifs is 3. The standard InChI is InChI=1S/C23H27N7O5S/c24-20-5-2-16(15-26-20)22(31)28-23-27-19-14-17(3-4-18(19)21-25-6-7-30(21)23)35-10-1-13-36(32,33)29-8-11-34-12-9-29/h2-5,14-15H,1,6-13H2,(H2,24,26)(H,27,28,31). The highest BCUT2D eigenvalue weighted by Gasteiger charge is 2.31. The minimum atomic E-state index is -3.33. The van der Waals surface area contributed by atoms with Gasteiger partial charge >= 0.3 is 0 Å². The van der Waals surface area contributed by atoms with E-state index >= 15 is 0 Å². The molecule has 0 atom stereocenters. The van der Waals surface area contributed by atoms with Gasteiger partial charge in [0, 0.05) is 37.5 Å². The number of morpholine rings is 1. The fourth-order valence-corrected chi connectivity index (χ4v) is 5.58. The molecule has 1 fully saturated rings. The third-order valence-electron chi connectivity index (χ3n) is 5.99. The number of amidine groups is 1. The van der Waals surface area contributed by atoms with Crippen LogP contribution in [0.1, 0.15) is 22.3 Å². The summed E-state index contributed by atoms with van der Waals surface area (Å²) in [7, 11) is -3.33. The van der Waals surface area contributed by atoms with E-state index in [1.807, 2.05) is 17.0 Å². The Labute approximate surface area is 208 Å². The number of carbonyl (C=O) groups is 1.